The largest absolute Gasteiger partial charge is 0.396 e. The molecule has 0 saturated carbocycles. The second-order valence-corrected chi connectivity index (χ2v) is 4.90. The van der Waals surface area contributed by atoms with Crippen LogP contribution in [0, 0.1) is 26.7 Å². The van der Waals surface area contributed by atoms with Gasteiger partial charge in [-0.05, 0) is 37.5 Å². The lowest BCUT2D eigenvalue weighted by Gasteiger charge is -2.34. The summed E-state index contributed by atoms with van der Waals surface area (Å²) >= 11 is 0. The number of benzene rings is 1. The molecule has 0 radical (unpaired) electrons. The van der Waals surface area contributed by atoms with Gasteiger partial charge in [0.05, 0.1) is 19.8 Å². The second-order valence-electron chi connectivity index (χ2n) is 4.90. The topological polar surface area (TPSA) is 29.5 Å². The summed E-state index contributed by atoms with van der Waals surface area (Å²) in [6, 6.07) is 4.40. The van der Waals surface area contributed by atoms with Crippen LogP contribution in [-0.4, -0.2) is 24.9 Å². The Bertz CT molecular complexity index is 357. The fourth-order valence-electron chi connectivity index (χ4n) is 2.74. The van der Waals surface area contributed by atoms with Gasteiger partial charge < -0.3 is 9.84 Å². The Kier molecular flexibility index (Phi) is 3.31. The molecule has 2 rings (SSSR count). The van der Waals surface area contributed by atoms with E-state index >= 15 is 0 Å². The van der Waals surface area contributed by atoms with Gasteiger partial charge in [0, 0.05) is 11.8 Å². The molecule has 1 N–H and O–H groups in total. The van der Waals surface area contributed by atoms with E-state index in [1.54, 1.807) is 0 Å². The lowest BCUT2D eigenvalue weighted by molar-refractivity contribution is -0.0529. The Morgan fingerprint density at radius 1 is 1.25 bits per heavy atom. The van der Waals surface area contributed by atoms with Crippen LogP contribution in [-0.2, 0) is 4.74 Å². The minimum absolute atomic E-state index is 0.221. The van der Waals surface area contributed by atoms with Crippen LogP contribution in [0.5, 0.6) is 0 Å². The zero-order valence-corrected chi connectivity index (χ0v) is 10.3. The van der Waals surface area contributed by atoms with Crippen LogP contribution < -0.4 is 0 Å². The fourth-order valence-corrected chi connectivity index (χ4v) is 2.74. The molecule has 2 nitrogen and oxygen atoms in total. The molecule has 1 unspecified atom stereocenters. The van der Waals surface area contributed by atoms with Crippen molar-refractivity contribution in [3.05, 3.63) is 34.4 Å². The molecule has 0 aliphatic carbocycles. The molecule has 1 saturated heterocycles. The van der Waals surface area contributed by atoms with Crippen molar-refractivity contribution in [2.24, 2.45) is 5.92 Å². The lowest BCUT2D eigenvalue weighted by Crippen LogP contribution is -2.35. The van der Waals surface area contributed by atoms with E-state index in [4.69, 9.17) is 4.74 Å². The molecule has 0 bridgehead atoms. The Balaban J connectivity index is 2.36. The third-order valence-electron chi connectivity index (χ3n) is 3.54. The zero-order chi connectivity index (χ0) is 11.7. The van der Waals surface area contributed by atoms with E-state index in [0.29, 0.717) is 5.92 Å². The van der Waals surface area contributed by atoms with Crippen LogP contribution in [0.15, 0.2) is 12.1 Å². The van der Waals surface area contributed by atoms with Gasteiger partial charge >= 0.3 is 0 Å². The SMILES string of the molecule is Cc1cc(C)c(C(CO)C2COC2)c(C)c1. The van der Waals surface area contributed by atoms with Gasteiger partial charge in [-0.1, -0.05) is 17.7 Å². The Morgan fingerprint density at radius 2 is 1.81 bits per heavy atom. The molecule has 1 aliphatic rings. The summed E-state index contributed by atoms with van der Waals surface area (Å²) in [6.07, 6.45) is 0. The fraction of sp³-hybridized carbons (Fsp3) is 0.571. The number of rotatable bonds is 3. The molecule has 1 fully saturated rings. The smallest absolute Gasteiger partial charge is 0.0523 e. The van der Waals surface area contributed by atoms with E-state index in [2.05, 4.69) is 32.9 Å². The van der Waals surface area contributed by atoms with Crippen LogP contribution >= 0.6 is 0 Å². The van der Waals surface area contributed by atoms with Crippen LogP contribution in [0.2, 0.25) is 0 Å². The average molecular weight is 220 g/mol. The first kappa shape index (κ1) is 11.6. The lowest BCUT2D eigenvalue weighted by atomic mass is 9.80. The maximum atomic E-state index is 9.58. The van der Waals surface area contributed by atoms with Gasteiger partial charge in [-0.3, -0.25) is 0 Å². The number of hydrogen-bond acceptors (Lipinski definition) is 2. The molecule has 1 aliphatic heterocycles. The Labute approximate surface area is 97.3 Å². The Hall–Kier alpha value is -0.860. The number of aryl methyl sites for hydroxylation is 3. The number of ether oxygens (including phenoxy) is 1. The van der Waals surface area contributed by atoms with Crippen LogP contribution in [0.1, 0.15) is 28.2 Å². The predicted octanol–water partition coefficient (Wildman–Crippen LogP) is 2.33. The summed E-state index contributed by atoms with van der Waals surface area (Å²) in [7, 11) is 0. The van der Waals surface area contributed by atoms with Crippen molar-refractivity contribution in [1.82, 2.24) is 0 Å². The molecule has 88 valence electrons. The number of hydrogen-bond donors (Lipinski definition) is 1. The monoisotopic (exact) mass is 220 g/mol. The van der Waals surface area contributed by atoms with E-state index in [1.165, 1.54) is 22.3 Å². The van der Waals surface area contributed by atoms with Crippen molar-refractivity contribution in [2.75, 3.05) is 19.8 Å². The zero-order valence-electron chi connectivity index (χ0n) is 10.3. The van der Waals surface area contributed by atoms with Crippen molar-refractivity contribution >= 4 is 0 Å². The van der Waals surface area contributed by atoms with Crippen LogP contribution in [0.4, 0.5) is 0 Å². The average Bonchev–Trinajstić information content (AvgIpc) is 2.11. The number of aliphatic hydroxyl groups excluding tert-OH is 1. The molecule has 1 atom stereocenters. The molecule has 0 spiro atoms. The molecule has 1 aromatic rings. The molecule has 0 aromatic heterocycles. The van der Waals surface area contributed by atoms with Crippen molar-refractivity contribution in [3.8, 4) is 0 Å². The first-order valence-electron chi connectivity index (χ1n) is 5.90. The van der Waals surface area contributed by atoms with E-state index in [0.717, 1.165) is 13.2 Å². The predicted molar refractivity (Wildman–Crippen MR) is 64.8 cm³/mol. The highest BCUT2D eigenvalue weighted by atomic mass is 16.5. The first-order valence-corrected chi connectivity index (χ1v) is 5.90. The van der Waals surface area contributed by atoms with Gasteiger partial charge in [-0.2, -0.15) is 0 Å². The normalized spacial score (nSPS) is 18.2. The summed E-state index contributed by atoms with van der Waals surface area (Å²) in [6.45, 7) is 8.19. The molecule has 1 aromatic carbocycles. The van der Waals surface area contributed by atoms with E-state index in [9.17, 15) is 5.11 Å². The van der Waals surface area contributed by atoms with Gasteiger partial charge in [0.1, 0.15) is 0 Å². The second kappa shape index (κ2) is 4.56. The molecule has 0 amide bonds. The standard InChI is InChI=1S/C14H20O2/c1-9-4-10(2)14(11(3)5-9)13(6-15)12-7-16-8-12/h4-5,12-13,15H,6-8H2,1-3H3. The van der Waals surface area contributed by atoms with E-state index < -0.39 is 0 Å². The third-order valence-corrected chi connectivity index (χ3v) is 3.54. The first-order chi connectivity index (χ1) is 7.63. The molecule has 2 heteroatoms. The van der Waals surface area contributed by atoms with E-state index in [1.807, 2.05) is 0 Å². The maximum absolute atomic E-state index is 9.58. The summed E-state index contributed by atoms with van der Waals surface area (Å²) < 4.78 is 5.23. The van der Waals surface area contributed by atoms with Crippen LogP contribution in [0.25, 0.3) is 0 Å². The highest BCUT2D eigenvalue weighted by molar-refractivity contribution is 5.40. The van der Waals surface area contributed by atoms with Crippen molar-refractivity contribution in [1.29, 1.82) is 0 Å². The summed E-state index contributed by atoms with van der Waals surface area (Å²) in [5.74, 6) is 0.736. The third kappa shape index (κ3) is 2.00. The van der Waals surface area contributed by atoms with Gasteiger partial charge in [0.15, 0.2) is 0 Å². The van der Waals surface area contributed by atoms with Crippen molar-refractivity contribution in [2.45, 2.75) is 26.7 Å². The summed E-state index contributed by atoms with van der Waals surface area (Å²) in [4.78, 5) is 0. The minimum atomic E-state index is 0.221. The Morgan fingerprint density at radius 3 is 2.19 bits per heavy atom. The molecule has 16 heavy (non-hydrogen) atoms. The molecular formula is C14H20O2. The molecule has 1 heterocycles. The van der Waals surface area contributed by atoms with Gasteiger partial charge in [0.2, 0.25) is 0 Å². The molecular weight excluding hydrogens is 200 g/mol. The van der Waals surface area contributed by atoms with Gasteiger partial charge in [-0.15, -0.1) is 0 Å². The van der Waals surface area contributed by atoms with Crippen LogP contribution in [0.3, 0.4) is 0 Å². The van der Waals surface area contributed by atoms with E-state index in [-0.39, 0.29) is 12.5 Å². The van der Waals surface area contributed by atoms with Crippen molar-refractivity contribution in [3.63, 3.8) is 0 Å². The quantitative estimate of drug-likeness (QED) is 0.847. The van der Waals surface area contributed by atoms with Crippen molar-refractivity contribution < 1.29 is 9.84 Å². The summed E-state index contributed by atoms with van der Waals surface area (Å²) in [5, 5.41) is 9.58. The minimum Gasteiger partial charge on any atom is -0.396 e. The summed E-state index contributed by atoms with van der Waals surface area (Å²) in [5.41, 5.74) is 5.20. The highest BCUT2D eigenvalue weighted by Gasteiger charge is 2.30. The van der Waals surface area contributed by atoms with Gasteiger partial charge in [-0.25, -0.2) is 0 Å². The number of aliphatic hydroxyl groups is 1. The highest BCUT2D eigenvalue weighted by Crippen LogP contribution is 2.34. The van der Waals surface area contributed by atoms with Gasteiger partial charge in [0.25, 0.3) is 0 Å². The maximum Gasteiger partial charge on any atom is 0.0523 e.